The molecule has 2 aromatic rings. The molecule has 154 valence electrons. The molecule has 0 unspecified atom stereocenters. The van der Waals surface area contributed by atoms with Gasteiger partial charge >= 0.3 is 0 Å². The first-order chi connectivity index (χ1) is 13.9. The number of ether oxygens (including phenoxy) is 1. The van der Waals surface area contributed by atoms with E-state index in [1.807, 2.05) is 24.3 Å². The number of sulfonamides is 1. The van der Waals surface area contributed by atoms with Crippen LogP contribution in [0.1, 0.15) is 37.7 Å². The second-order valence-electron chi connectivity index (χ2n) is 7.75. The van der Waals surface area contributed by atoms with Crippen molar-refractivity contribution >= 4 is 21.6 Å². The maximum atomic E-state index is 12.9. The number of amides is 1. The number of nitrogens with one attached hydrogen (secondary N) is 1. The van der Waals surface area contributed by atoms with Crippen LogP contribution in [-0.4, -0.2) is 37.8 Å². The Balaban J connectivity index is 1.41. The van der Waals surface area contributed by atoms with Gasteiger partial charge in [-0.25, -0.2) is 8.42 Å². The number of carbonyl (C=O) groups is 1. The van der Waals surface area contributed by atoms with E-state index in [4.69, 9.17) is 4.74 Å². The van der Waals surface area contributed by atoms with Crippen LogP contribution in [0, 0.1) is 0 Å². The van der Waals surface area contributed by atoms with Crippen molar-refractivity contribution in [3.05, 3.63) is 54.1 Å². The zero-order chi connectivity index (χ0) is 20.4. The number of carbonyl (C=O) groups excluding carboxylic acids is 1. The monoisotopic (exact) mass is 414 g/mol. The molecule has 0 aromatic heterocycles. The summed E-state index contributed by atoms with van der Waals surface area (Å²) in [6.45, 7) is 0. The zero-order valence-electron chi connectivity index (χ0n) is 16.5. The number of benzene rings is 2. The molecule has 7 heteroatoms. The molecular weight excluding hydrogens is 388 g/mol. The van der Waals surface area contributed by atoms with Crippen molar-refractivity contribution in [1.82, 2.24) is 4.31 Å². The van der Waals surface area contributed by atoms with Gasteiger partial charge in [-0.05, 0) is 48.7 Å². The molecule has 0 bridgehead atoms. The second-order valence-corrected chi connectivity index (χ2v) is 9.74. The van der Waals surface area contributed by atoms with Gasteiger partial charge in [-0.15, -0.1) is 0 Å². The Morgan fingerprint density at radius 1 is 1.03 bits per heavy atom. The van der Waals surface area contributed by atoms with Crippen molar-refractivity contribution in [3.8, 4) is 5.75 Å². The standard InChI is InChI=1S/C22H26N2O4S/c1-24(18-8-3-2-4-9-18)29(26,27)19-13-11-17(12-14-19)23-22(25)21-15-16-7-5-6-10-20(16)28-21/h5-7,10-14,18,21H,2-4,8-9,15H2,1H3,(H,23,25)/t21-/m0/s1. The normalized spacial score (nSPS) is 19.6. The first-order valence-electron chi connectivity index (χ1n) is 10.1. The summed E-state index contributed by atoms with van der Waals surface area (Å²) in [7, 11) is -1.88. The van der Waals surface area contributed by atoms with Crippen LogP contribution in [0.25, 0.3) is 0 Å². The van der Waals surface area contributed by atoms with Gasteiger partial charge in [0.15, 0.2) is 6.10 Å². The second kappa shape index (κ2) is 8.16. The molecule has 0 saturated heterocycles. The van der Waals surface area contributed by atoms with Crippen molar-refractivity contribution in [2.45, 2.75) is 55.6 Å². The summed E-state index contributed by atoms with van der Waals surface area (Å²) in [6.07, 6.45) is 5.09. The van der Waals surface area contributed by atoms with Crippen LogP contribution in [0.5, 0.6) is 5.75 Å². The summed E-state index contributed by atoms with van der Waals surface area (Å²) in [5.41, 5.74) is 1.56. The highest BCUT2D eigenvalue weighted by molar-refractivity contribution is 7.89. The van der Waals surface area contributed by atoms with Gasteiger partial charge in [0.05, 0.1) is 4.90 Å². The van der Waals surface area contributed by atoms with Gasteiger partial charge in [-0.3, -0.25) is 4.79 Å². The highest BCUT2D eigenvalue weighted by Gasteiger charge is 2.30. The van der Waals surface area contributed by atoms with Crippen molar-refractivity contribution in [3.63, 3.8) is 0 Å². The average Bonchev–Trinajstić information content (AvgIpc) is 3.19. The molecule has 1 heterocycles. The van der Waals surface area contributed by atoms with E-state index in [1.165, 1.54) is 10.7 Å². The Hall–Kier alpha value is -2.38. The largest absolute Gasteiger partial charge is 0.480 e. The summed E-state index contributed by atoms with van der Waals surface area (Å²) in [5, 5.41) is 2.82. The molecule has 1 aliphatic carbocycles. The Kier molecular flexibility index (Phi) is 5.61. The average molecular weight is 415 g/mol. The molecule has 1 aliphatic heterocycles. The minimum absolute atomic E-state index is 0.0641. The van der Waals surface area contributed by atoms with E-state index in [9.17, 15) is 13.2 Å². The van der Waals surface area contributed by atoms with Gasteiger partial charge in [0.2, 0.25) is 10.0 Å². The topological polar surface area (TPSA) is 75.7 Å². The van der Waals surface area contributed by atoms with Crippen molar-refractivity contribution in [1.29, 1.82) is 0 Å². The molecule has 6 nitrogen and oxygen atoms in total. The molecule has 2 aliphatic rings. The lowest BCUT2D eigenvalue weighted by molar-refractivity contribution is -0.122. The van der Waals surface area contributed by atoms with Gasteiger partial charge in [0.1, 0.15) is 5.75 Å². The Labute approximate surface area is 171 Å². The SMILES string of the molecule is CN(C1CCCCC1)S(=O)(=O)c1ccc(NC(=O)[C@@H]2Cc3ccccc3O2)cc1. The van der Waals surface area contributed by atoms with Gasteiger partial charge < -0.3 is 10.1 Å². The summed E-state index contributed by atoms with van der Waals surface area (Å²) >= 11 is 0. The van der Waals surface area contributed by atoms with Crippen LogP contribution in [0.4, 0.5) is 5.69 Å². The first-order valence-corrected chi connectivity index (χ1v) is 11.5. The van der Waals surface area contributed by atoms with Crippen LogP contribution in [-0.2, 0) is 21.2 Å². The third-order valence-corrected chi connectivity index (χ3v) is 7.75. The lowest BCUT2D eigenvalue weighted by atomic mass is 9.96. The van der Waals surface area contributed by atoms with E-state index < -0.39 is 16.1 Å². The lowest BCUT2D eigenvalue weighted by Gasteiger charge is -2.30. The van der Waals surface area contributed by atoms with E-state index in [0.29, 0.717) is 12.1 Å². The summed E-state index contributed by atoms with van der Waals surface area (Å²) in [5.74, 6) is 0.496. The fourth-order valence-corrected chi connectivity index (χ4v) is 5.48. The third-order valence-electron chi connectivity index (χ3n) is 5.83. The van der Waals surface area contributed by atoms with Gasteiger partial charge in [0, 0.05) is 25.2 Å². The van der Waals surface area contributed by atoms with E-state index in [0.717, 1.165) is 37.0 Å². The van der Waals surface area contributed by atoms with E-state index in [1.54, 1.807) is 31.3 Å². The molecule has 1 amide bonds. The molecule has 1 fully saturated rings. The molecule has 1 N–H and O–H groups in total. The minimum Gasteiger partial charge on any atom is -0.480 e. The maximum absolute atomic E-state index is 12.9. The summed E-state index contributed by atoms with van der Waals surface area (Å²) < 4.78 is 33.0. The Morgan fingerprint density at radius 2 is 1.72 bits per heavy atom. The molecular formula is C22H26N2O4S. The smallest absolute Gasteiger partial charge is 0.265 e. The van der Waals surface area contributed by atoms with E-state index in [2.05, 4.69) is 5.32 Å². The number of hydrogen-bond acceptors (Lipinski definition) is 4. The number of hydrogen-bond donors (Lipinski definition) is 1. The van der Waals surface area contributed by atoms with Crippen LogP contribution in [0.3, 0.4) is 0 Å². The Bertz CT molecular complexity index is 957. The van der Waals surface area contributed by atoms with E-state index in [-0.39, 0.29) is 16.8 Å². The highest BCUT2D eigenvalue weighted by atomic mass is 32.2. The molecule has 1 saturated carbocycles. The third kappa shape index (κ3) is 4.16. The zero-order valence-corrected chi connectivity index (χ0v) is 17.3. The number of para-hydroxylation sites is 1. The molecule has 2 aromatic carbocycles. The fraction of sp³-hybridized carbons (Fsp3) is 0.409. The predicted molar refractivity (Wildman–Crippen MR) is 111 cm³/mol. The highest BCUT2D eigenvalue weighted by Crippen LogP contribution is 2.29. The molecule has 0 radical (unpaired) electrons. The predicted octanol–water partition coefficient (Wildman–Crippen LogP) is 3.58. The van der Waals surface area contributed by atoms with Gasteiger partial charge in [0.25, 0.3) is 5.91 Å². The quantitative estimate of drug-likeness (QED) is 0.811. The number of rotatable bonds is 5. The molecule has 4 rings (SSSR count). The van der Waals surface area contributed by atoms with Crippen molar-refractivity contribution < 1.29 is 17.9 Å². The fourth-order valence-electron chi connectivity index (χ4n) is 4.07. The lowest BCUT2D eigenvalue weighted by Crippen LogP contribution is -2.38. The maximum Gasteiger partial charge on any atom is 0.265 e. The van der Waals surface area contributed by atoms with Gasteiger partial charge in [-0.1, -0.05) is 37.5 Å². The van der Waals surface area contributed by atoms with E-state index >= 15 is 0 Å². The van der Waals surface area contributed by atoms with Crippen LogP contribution in [0.15, 0.2) is 53.4 Å². The summed E-state index contributed by atoms with van der Waals surface area (Å²) in [4.78, 5) is 12.8. The number of nitrogens with zero attached hydrogens (tertiary/aromatic N) is 1. The molecule has 1 atom stereocenters. The Morgan fingerprint density at radius 3 is 2.41 bits per heavy atom. The van der Waals surface area contributed by atoms with Crippen LogP contribution < -0.4 is 10.1 Å². The molecule has 0 spiro atoms. The number of anilines is 1. The van der Waals surface area contributed by atoms with Crippen molar-refractivity contribution in [2.75, 3.05) is 12.4 Å². The van der Waals surface area contributed by atoms with Crippen LogP contribution in [0.2, 0.25) is 0 Å². The van der Waals surface area contributed by atoms with Crippen molar-refractivity contribution in [2.24, 2.45) is 0 Å². The molecule has 29 heavy (non-hydrogen) atoms. The number of fused-ring (bicyclic) bond motifs is 1. The van der Waals surface area contributed by atoms with Gasteiger partial charge in [-0.2, -0.15) is 4.31 Å². The summed E-state index contributed by atoms with van der Waals surface area (Å²) in [6, 6.07) is 14.0. The van der Waals surface area contributed by atoms with Crippen LogP contribution >= 0.6 is 0 Å². The first kappa shape index (κ1) is 19.9. The minimum atomic E-state index is -3.54.